The molecular formula is C13H17FO2. The van der Waals surface area contributed by atoms with Crippen LogP contribution in [0.15, 0.2) is 24.3 Å². The Labute approximate surface area is 95.1 Å². The smallest absolute Gasteiger partial charge is 0.309 e. The molecule has 0 heterocycles. The topological polar surface area (TPSA) is 37.3 Å². The second-order valence-electron chi connectivity index (χ2n) is 4.68. The molecule has 3 heteroatoms. The van der Waals surface area contributed by atoms with Gasteiger partial charge < -0.3 is 5.11 Å². The quantitative estimate of drug-likeness (QED) is 0.853. The van der Waals surface area contributed by atoms with Crippen molar-refractivity contribution in [3.05, 3.63) is 35.6 Å². The Morgan fingerprint density at radius 2 is 1.88 bits per heavy atom. The van der Waals surface area contributed by atoms with Crippen LogP contribution in [0.1, 0.15) is 26.3 Å². The van der Waals surface area contributed by atoms with Crippen LogP contribution in [0.25, 0.3) is 0 Å². The number of hydrogen-bond donors (Lipinski definition) is 1. The molecule has 0 aliphatic heterocycles. The second kappa shape index (κ2) is 4.64. The van der Waals surface area contributed by atoms with Gasteiger partial charge >= 0.3 is 5.97 Å². The van der Waals surface area contributed by atoms with Gasteiger partial charge in [-0.1, -0.05) is 26.0 Å². The van der Waals surface area contributed by atoms with E-state index in [9.17, 15) is 14.3 Å². The third-order valence-electron chi connectivity index (χ3n) is 3.25. The monoisotopic (exact) mass is 224 g/mol. The molecule has 88 valence electrons. The van der Waals surface area contributed by atoms with Crippen molar-refractivity contribution in [1.29, 1.82) is 0 Å². The van der Waals surface area contributed by atoms with Crippen LogP contribution in [0.2, 0.25) is 0 Å². The first kappa shape index (κ1) is 12.7. The number of aliphatic carboxylic acids is 1. The number of rotatable bonds is 4. The molecule has 1 unspecified atom stereocenters. The van der Waals surface area contributed by atoms with Crippen LogP contribution in [0.3, 0.4) is 0 Å². The molecule has 0 bridgehead atoms. The lowest BCUT2D eigenvalue weighted by Gasteiger charge is -2.29. The van der Waals surface area contributed by atoms with Crippen molar-refractivity contribution in [2.75, 3.05) is 0 Å². The second-order valence-corrected chi connectivity index (χ2v) is 4.68. The minimum atomic E-state index is -0.813. The maximum atomic E-state index is 12.7. The molecule has 0 spiro atoms. The molecule has 2 nitrogen and oxygen atoms in total. The number of benzene rings is 1. The molecule has 1 aromatic carbocycles. The van der Waals surface area contributed by atoms with E-state index in [4.69, 9.17) is 0 Å². The summed E-state index contributed by atoms with van der Waals surface area (Å²) in [5, 5.41) is 9.24. The minimum absolute atomic E-state index is 0.0232. The van der Waals surface area contributed by atoms with E-state index in [0.29, 0.717) is 6.42 Å². The third kappa shape index (κ3) is 2.60. The summed E-state index contributed by atoms with van der Waals surface area (Å²) in [4.78, 5) is 11.3. The number of hydrogen-bond acceptors (Lipinski definition) is 1. The summed E-state index contributed by atoms with van der Waals surface area (Å²) in [6.45, 7) is 5.50. The normalized spacial score (nSPS) is 14.8. The van der Waals surface area contributed by atoms with Gasteiger partial charge in [-0.05, 0) is 37.0 Å². The molecule has 0 saturated heterocycles. The van der Waals surface area contributed by atoms with E-state index >= 15 is 0 Å². The number of carboxylic acid groups (broad SMARTS) is 1. The summed E-state index contributed by atoms with van der Waals surface area (Å²) in [5.41, 5.74) is 0.0395. The maximum Gasteiger partial charge on any atom is 0.309 e. The van der Waals surface area contributed by atoms with Crippen LogP contribution in [0, 0.1) is 17.2 Å². The third-order valence-corrected chi connectivity index (χ3v) is 3.25. The standard InChI is InChI=1S/C13H17FO2/c1-9(2)13(3,12(15)16)8-10-4-6-11(14)7-5-10/h4-7,9H,8H2,1-3H3,(H,15,16). The minimum Gasteiger partial charge on any atom is -0.481 e. The molecular weight excluding hydrogens is 207 g/mol. The first-order valence-electron chi connectivity index (χ1n) is 5.34. The predicted octanol–water partition coefficient (Wildman–Crippen LogP) is 3.12. The van der Waals surface area contributed by atoms with E-state index in [2.05, 4.69) is 0 Å². The molecule has 16 heavy (non-hydrogen) atoms. The van der Waals surface area contributed by atoms with Gasteiger partial charge in [-0.25, -0.2) is 4.39 Å². The molecule has 0 fully saturated rings. The molecule has 0 amide bonds. The summed E-state index contributed by atoms with van der Waals surface area (Å²) >= 11 is 0. The van der Waals surface area contributed by atoms with Gasteiger partial charge in [-0.2, -0.15) is 0 Å². The van der Waals surface area contributed by atoms with Gasteiger partial charge in [0.15, 0.2) is 0 Å². The van der Waals surface area contributed by atoms with E-state index in [1.165, 1.54) is 12.1 Å². The van der Waals surface area contributed by atoms with Crippen molar-refractivity contribution in [2.24, 2.45) is 11.3 Å². The van der Waals surface area contributed by atoms with Crippen molar-refractivity contribution in [1.82, 2.24) is 0 Å². The highest BCUT2D eigenvalue weighted by Crippen LogP contribution is 2.31. The Balaban J connectivity index is 2.93. The summed E-state index contributed by atoms with van der Waals surface area (Å²) in [6, 6.07) is 5.99. The zero-order chi connectivity index (χ0) is 12.3. The average Bonchev–Trinajstić information content (AvgIpc) is 2.20. The summed E-state index contributed by atoms with van der Waals surface area (Å²) in [7, 11) is 0. The van der Waals surface area contributed by atoms with Crippen molar-refractivity contribution >= 4 is 5.97 Å². The molecule has 1 N–H and O–H groups in total. The lowest BCUT2D eigenvalue weighted by Crippen LogP contribution is -2.35. The van der Waals surface area contributed by atoms with Crippen molar-refractivity contribution in [2.45, 2.75) is 27.2 Å². The number of carboxylic acids is 1. The lowest BCUT2D eigenvalue weighted by molar-refractivity contribution is -0.150. The van der Waals surface area contributed by atoms with Gasteiger partial charge in [0.05, 0.1) is 5.41 Å². The van der Waals surface area contributed by atoms with Crippen molar-refractivity contribution < 1.29 is 14.3 Å². The van der Waals surface area contributed by atoms with Crippen LogP contribution in [0.4, 0.5) is 4.39 Å². The summed E-state index contributed by atoms with van der Waals surface area (Å²) in [5.74, 6) is -1.09. The first-order valence-corrected chi connectivity index (χ1v) is 5.34. The Hall–Kier alpha value is -1.38. The van der Waals surface area contributed by atoms with Gasteiger partial charge in [0.2, 0.25) is 0 Å². The van der Waals surface area contributed by atoms with Crippen LogP contribution in [0.5, 0.6) is 0 Å². The molecule has 0 aliphatic carbocycles. The van der Waals surface area contributed by atoms with Gasteiger partial charge in [0.1, 0.15) is 5.82 Å². The van der Waals surface area contributed by atoms with Gasteiger partial charge in [-0.15, -0.1) is 0 Å². The zero-order valence-electron chi connectivity index (χ0n) is 9.83. The van der Waals surface area contributed by atoms with E-state index in [0.717, 1.165) is 5.56 Å². The molecule has 0 aliphatic rings. The fraction of sp³-hybridized carbons (Fsp3) is 0.462. The van der Waals surface area contributed by atoms with Crippen LogP contribution >= 0.6 is 0 Å². The Bertz CT molecular complexity index is 370. The number of carbonyl (C=O) groups is 1. The van der Waals surface area contributed by atoms with Gasteiger partial charge in [-0.3, -0.25) is 4.79 Å². The van der Waals surface area contributed by atoms with Gasteiger partial charge in [0.25, 0.3) is 0 Å². The SMILES string of the molecule is CC(C)C(C)(Cc1ccc(F)cc1)C(=O)O. The van der Waals surface area contributed by atoms with E-state index < -0.39 is 11.4 Å². The van der Waals surface area contributed by atoms with Crippen LogP contribution in [-0.4, -0.2) is 11.1 Å². The molecule has 0 aromatic heterocycles. The summed E-state index contributed by atoms with van der Waals surface area (Å²) < 4.78 is 12.7. The first-order chi connectivity index (χ1) is 7.36. The van der Waals surface area contributed by atoms with Crippen LogP contribution in [-0.2, 0) is 11.2 Å². The Morgan fingerprint density at radius 3 is 2.25 bits per heavy atom. The Morgan fingerprint density at radius 1 is 1.38 bits per heavy atom. The van der Waals surface area contributed by atoms with E-state index in [-0.39, 0.29) is 11.7 Å². The van der Waals surface area contributed by atoms with Crippen molar-refractivity contribution in [3.63, 3.8) is 0 Å². The Kier molecular flexibility index (Phi) is 3.68. The molecule has 0 radical (unpaired) electrons. The lowest BCUT2D eigenvalue weighted by atomic mass is 9.74. The van der Waals surface area contributed by atoms with Crippen LogP contribution < -0.4 is 0 Å². The number of halogens is 1. The summed E-state index contributed by atoms with van der Waals surface area (Å²) in [6.07, 6.45) is 0.417. The highest BCUT2D eigenvalue weighted by atomic mass is 19.1. The molecule has 1 aromatic rings. The fourth-order valence-electron chi connectivity index (χ4n) is 1.55. The molecule has 0 saturated carbocycles. The fourth-order valence-corrected chi connectivity index (χ4v) is 1.55. The van der Waals surface area contributed by atoms with E-state index in [1.54, 1.807) is 19.1 Å². The maximum absolute atomic E-state index is 12.7. The van der Waals surface area contributed by atoms with Gasteiger partial charge in [0, 0.05) is 0 Å². The van der Waals surface area contributed by atoms with Crippen molar-refractivity contribution in [3.8, 4) is 0 Å². The highest BCUT2D eigenvalue weighted by Gasteiger charge is 2.36. The average molecular weight is 224 g/mol. The zero-order valence-corrected chi connectivity index (χ0v) is 9.83. The predicted molar refractivity (Wildman–Crippen MR) is 60.7 cm³/mol. The largest absolute Gasteiger partial charge is 0.481 e. The molecule has 1 rings (SSSR count). The highest BCUT2D eigenvalue weighted by molar-refractivity contribution is 5.74. The molecule has 1 atom stereocenters. The van der Waals surface area contributed by atoms with E-state index in [1.807, 2.05) is 13.8 Å².